The summed E-state index contributed by atoms with van der Waals surface area (Å²) in [6.45, 7) is 5.61. The predicted octanol–water partition coefficient (Wildman–Crippen LogP) is 5.42. The number of hydrogen-bond donors (Lipinski definition) is 0. The van der Waals surface area contributed by atoms with Crippen LogP contribution in [-0.2, 0) is 0 Å². The number of fused-ring (bicyclic) bond motifs is 1. The quantitative estimate of drug-likeness (QED) is 0.398. The molecule has 2 aliphatic rings. The molecule has 2 fully saturated rings. The molecule has 5 heteroatoms. The topological polar surface area (TPSA) is 32.5 Å². The first-order valence-corrected chi connectivity index (χ1v) is 10.8. The van der Waals surface area contributed by atoms with Crippen LogP contribution in [0.5, 0.6) is 5.75 Å². The van der Waals surface area contributed by atoms with Crippen LogP contribution in [0.3, 0.4) is 0 Å². The fraction of sp³-hybridized carbons (Fsp3) is 0.269. The number of halogens is 1. The van der Waals surface area contributed by atoms with Crippen molar-refractivity contribution in [2.75, 3.05) is 25.2 Å². The number of Topliss-reactive ketones (excluding diaryl/α,β-unsaturated/α-hetero) is 1. The van der Waals surface area contributed by atoms with Crippen molar-refractivity contribution >= 4 is 23.1 Å². The first-order valence-electron chi connectivity index (χ1n) is 10.5. The molecule has 0 saturated carbocycles. The van der Waals surface area contributed by atoms with E-state index in [-0.39, 0.29) is 11.8 Å². The van der Waals surface area contributed by atoms with Gasteiger partial charge in [0, 0.05) is 22.8 Å². The second-order valence-corrected chi connectivity index (χ2v) is 9.03. The van der Waals surface area contributed by atoms with Gasteiger partial charge < -0.3 is 9.64 Å². The van der Waals surface area contributed by atoms with Crippen molar-refractivity contribution in [3.8, 4) is 5.75 Å². The molecule has 0 aromatic heterocycles. The number of anilines is 1. The van der Waals surface area contributed by atoms with Crippen LogP contribution in [0.25, 0.3) is 0 Å². The van der Waals surface area contributed by atoms with E-state index in [2.05, 4.69) is 41.8 Å². The third-order valence-corrected chi connectivity index (χ3v) is 6.72. The predicted molar refractivity (Wildman–Crippen MR) is 124 cm³/mol. The molecule has 0 amide bonds. The number of carbonyl (C=O) groups is 1. The third-order valence-electron chi connectivity index (χ3n) is 6.47. The fourth-order valence-electron chi connectivity index (χ4n) is 5.03. The van der Waals surface area contributed by atoms with Gasteiger partial charge >= 0.3 is 0 Å². The van der Waals surface area contributed by atoms with Gasteiger partial charge in [0.15, 0.2) is 5.78 Å². The van der Waals surface area contributed by atoms with Crippen LogP contribution in [0.15, 0.2) is 66.7 Å². The summed E-state index contributed by atoms with van der Waals surface area (Å²) >= 11 is 6.11. The Labute approximate surface area is 188 Å². The summed E-state index contributed by atoms with van der Waals surface area (Å²) in [5, 5.41) is 0.706. The molecule has 0 radical (unpaired) electrons. The molecule has 3 atom stereocenters. The van der Waals surface area contributed by atoms with Crippen molar-refractivity contribution in [1.29, 1.82) is 0 Å². The van der Waals surface area contributed by atoms with Gasteiger partial charge in [-0.1, -0.05) is 29.8 Å². The molecule has 0 N–H and O–H groups in total. The molecule has 2 heterocycles. The van der Waals surface area contributed by atoms with Crippen molar-refractivity contribution in [1.82, 2.24) is 4.90 Å². The number of methoxy groups -OCH3 is 1. The summed E-state index contributed by atoms with van der Waals surface area (Å²) in [6, 6.07) is 21.9. The van der Waals surface area contributed by atoms with Crippen LogP contribution in [0.1, 0.15) is 33.1 Å². The Hall–Kier alpha value is -2.82. The van der Waals surface area contributed by atoms with E-state index in [4.69, 9.17) is 16.3 Å². The molecule has 4 nitrogen and oxygen atoms in total. The number of aryl methyl sites for hydroxylation is 2. The van der Waals surface area contributed by atoms with E-state index in [1.165, 1.54) is 16.8 Å². The molecular weight excluding hydrogens is 408 g/mol. The van der Waals surface area contributed by atoms with Crippen LogP contribution >= 0.6 is 11.6 Å². The molecule has 5 rings (SSSR count). The number of nitrogens with zero attached hydrogens (tertiary/aromatic N) is 2. The molecule has 31 heavy (non-hydrogen) atoms. The van der Waals surface area contributed by atoms with Crippen LogP contribution in [0.4, 0.5) is 5.69 Å². The van der Waals surface area contributed by atoms with Gasteiger partial charge in [-0.3, -0.25) is 9.69 Å². The lowest BCUT2D eigenvalue weighted by molar-refractivity contribution is 0.0933. The number of benzene rings is 3. The lowest BCUT2D eigenvalue weighted by Gasteiger charge is -2.24. The highest BCUT2D eigenvalue weighted by molar-refractivity contribution is 6.30. The van der Waals surface area contributed by atoms with Gasteiger partial charge in [-0.05, 0) is 79.1 Å². The average Bonchev–Trinajstić information content (AvgIpc) is 3.21. The Bertz CT molecular complexity index is 1120. The van der Waals surface area contributed by atoms with Crippen LogP contribution in [0, 0.1) is 13.8 Å². The summed E-state index contributed by atoms with van der Waals surface area (Å²) in [5.41, 5.74) is 4.91. The van der Waals surface area contributed by atoms with Crippen molar-refractivity contribution in [3.05, 3.63) is 94.0 Å². The fourth-order valence-corrected chi connectivity index (χ4v) is 5.15. The highest BCUT2D eigenvalue weighted by Gasteiger charge is 2.72. The lowest BCUT2D eigenvalue weighted by Crippen LogP contribution is -2.35. The second kappa shape index (κ2) is 7.40. The highest BCUT2D eigenvalue weighted by atomic mass is 35.5. The van der Waals surface area contributed by atoms with Crippen LogP contribution in [0.2, 0.25) is 5.02 Å². The minimum Gasteiger partial charge on any atom is -0.497 e. The number of hydrogen-bond acceptors (Lipinski definition) is 4. The maximum Gasteiger partial charge on any atom is 0.186 e. The number of rotatable bonds is 5. The molecule has 0 bridgehead atoms. The van der Waals surface area contributed by atoms with Gasteiger partial charge in [0.1, 0.15) is 11.3 Å². The standard InChI is InChI=1S/C26H25ClN2O2/c1-17-12-18(2)14-22(13-17)28-15-26(25(30)20-6-10-23(31-3)11-7-20)24(29(26)16-28)19-4-8-21(27)9-5-19/h4-14,24H,15-16H2,1-3H3/t24-,26-,29?/m0/s1. The normalized spacial score (nSPS) is 24.1. The highest BCUT2D eigenvalue weighted by Crippen LogP contribution is 2.59. The van der Waals surface area contributed by atoms with Crippen molar-refractivity contribution < 1.29 is 9.53 Å². The van der Waals surface area contributed by atoms with Gasteiger partial charge in [0.2, 0.25) is 0 Å². The summed E-state index contributed by atoms with van der Waals surface area (Å²) in [5.74, 6) is 0.904. The monoisotopic (exact) mass is 432 g/mol. The van der Waals surface area contributed by atoms with E-state index >= 15 is 0 Å². The van der Waals surface area contributed by atoms with E-state index in [9.17, 15) is 4.79 Å². The van der Waals surface area contributed by atoms with E-state index in [1.807, 2.05) is 48.5 Å². The maximum atomic E-state index is 13.8. The molecule has 158 valence electrons. The summed E-state index contributed by atoms with van der Waals surface area (Å²) in [7, 11) is 1.63. The second-order valence-electron chi connectivity index (χ2n) is 8.59. The third kappa shape index (κ3) is 3.31. The van der Waals surface area contributed by atoms with Crippen LogP contribution < -0.4 is 9.64 Å². The molecule has 3 aromatic rings. The minimum absolute atomic E-state index is 0.0570. The molecule has 3 aromatic carbocycles. The zero-order chi connectivity index (χ0) is 21.8. The van der Waals surface area contributed by atoms with E-state index in [0.717, 1.165) is 18.0 Å². The van der Waals surface area contributed by atoms with E-state index in [1.54, 1.807) is 7.11 Å². The van der Waals surface area contributed by atoms with Crippen molar-refractivity contribution in [3.63, 3.8) is 0 Å². The minimum atomic E-state index is -0.569. The number of ketones is 1. The van der Waals surface area contributed by atoms with Crippen LogP contribution in [-0.4, -0.2) is 36.5 Å². The molecular formula is C26H25ClN2O2. The summed E-state index contributed by atoms with van der Waals surface area (Å²) < 4.78 is 5.27. The Morgan fingerprint density at radius 1 is 1.00 bits per heavy atom. The van der Waals surface area contributed by atoms with Gasteiger partial charge in [-0.25, -0.2) is 0 Å². The van der Waals surface area contributed by atoms with E-state index in [0.29, 0.717) is 17.1 Å². The maximum absolute atomic E-state index is 13.8. The Balaban J connectivity index is 1.51. The largest absolute Gasteiger partial charge is 0.497 e. The number of carbonyl (C=O) groups excluding carboxylic acids is 1. The molecule has 2 saturated heterocycles. The SMILES string of the molecule is COc1ccc(C(=O)[C@@]23CN(c4cc(C)cc(C)c4)CN2[C@H]3c2ccc(Cl)cc2)cc1. The van der Waals surface area contributed by atoms with E-state index < -0.39 is 5.54 Å². The smallest absolute Gasteiger partial charge is 0.186 e. The lowest BCUT2D eigenvalue weighted by atomic mass is 9.90. The Morgan fingerprint density at radius 2 is 1.65 bits per heavy atom. The summed E-state index contributed by atoms with van der Waals surface area (Å²) in [4.78, 5) is 18.5. The first kappa shape index (κ1) is 20.1. The van der Waals surface area contributed by atoms with Gasteiger partial charge in [-0.15, -0.1) is 0 Å². The Morgan fingerprint density at radius 3 is 2.26 bits per heavy atom. The average molecular weight is 433 g/mol. The van der Waals surface area contributed by atoms with Gasteiger partial charge in [-0.2, -0.15) is 0 Å². The molecule has 1 unspecified atom stereocenters. The number of ether oxygens (including phenoxy) is 1. The van der Waals surface area contributed by atoms with Gasteiger partial charge in [0.05, 0.1) is 19.8 Å². The van der Waals surface area contributed by atoms with Crippen molar-refractivity contribution in [2.24, 2.45) is 0 Å². The zero-order valence-electron chi connectivity index (χ0n) is 17.9. The van der Waals surface area contributed by atoms with Crippen molar-refractivity contribution in [2.45, 2.75) is 25.4 Å². The Kier molecular flexibility index (Phi) is 4.80. The zero-order valence-corrected chi connectivity index (χ0v) is 18.7. The molecule has 0 aliphatic carbocycles. The first-order chi connectivity index (χ1) is 14.9. The molecule has 2 aliphatic heterocycles. The van der Waals surface area contributed by atoms with Gasteiger partial charge in [0.25, 0.3) is 0 Å². The summed E-state index contributed by atoms with van der Waals surface area (Å²) in [6.07, 6.45) is 0. The molecule has 0 spiro atoms.